The lowest BCUT2D eigenvalue weighted by Crippen LogP contribution is -2.35. The average Bonchev–Trinajstić information content (AvgIpc) is 2.76. The molecular formula is C24H31F2NO3. The molecule has 0 N–H and O–H groups in total. The van der Waals surface area contributed by atoms with Crippen LogP contribution in [0.25, 0.3) is 0 Å². The van der Waals surface area contributed by atoms with Crippen molar-refractivity contribution in [2.45, 2.75) is 32.6 Å². The van der Waals surface area contributed by atoms with E-state index in [1.165, 1.54) is 12.1 Å². The highest BCUT2D eigenvalue weighted by molar-refractivity contribution is 5.94. The first-order valence-corrected chi connectivity index (χ1v) is 10.6. The summed E-state index contributed by atoms with van der Waals surface area (Å²) in [6.07, 6.45) is 3.13. The van der Waals surface area contributed by atoms with Crippen LogP contribution in [-0.4, -0.2) is 50.3 Å². The van der Waals surface area contributed by atoms with Crippen LogP contribution in [0.4, 0.5) is 8.78 Å². The molecule has 4 nitrogen and oxygen atoms in total. The van der Waals surface area contributed by atoms with Gasteiger partial charge in [0.15, 0.2) is 0 Å². The lowest BCUT2D eigenvalue weighted by Gasteiger charge is -2.23. The number of unbranched alkanes of at least 4 members (excludes halogenated alkanes) is 1. The molecule has 0 aliphatic heterocycles. The van der Waals surface area contributed by atoms with Crippen molar-refractivity contribution in [1.29, 1.82) is 0 Å². The van der Waals surface area contributed by atoms with Crippen molar-refractivity contribution in [2.24, 2.45) is 0 Å². The van der Waals surface area contributed by atoms with E-state index in [1.54, 1.807) is 17.0 Å². The summed E-state index contributed by atoms with van der Waals surface area (Å²) in [4.78, 5) is 14.6. The second-order valence-electron chi connectivity index (χ2n) is 7.08. The maximum absolute atomic E-state index is 13.8. The van der Waals surface area contributed by atoms with Gasteiger partial charge >= 0.3 is 0 Å². The SMILES string of the molecule is CCCCOCCOCCN(CCCc1ccc(F)cc1F)C(=O)c1ccccc1. The highest BCUT2D eigenvalue weighted by Crippen LogP contribution is 2.13. The van der Waals surface area contributed by atoms with E-state index >= 15 is 0 Å². The topological polar surface area (TPSA) is 38.8 Å². The molecule has 0 fully saturated rings. The second kappa shape index (κ2) is 13.8. The van der Waals surface area contributed by atoms with E-state index in [0.29, 0.717) is 56.9 Å². The van der Waals surface area contributed by atoms with Crippen molar-refractivity contribution in [2.75, 3.05) is 39.5 Å². The Bertz CT molecular complexity index is 755. The first kappa shape index (κ1) is 24.0. The number of ether oxygens (including phenoxy) is 2. The van der Waals surface area contributed by atoms with Crippen molar-refractivity contribution in [3.8, 4) is 0 Å². The predicted molar refractivity (Wildman–Crippen MR) is 114 cm³/mol. The van der Waals surface area contributed by atoms with Crippen LogP contribution in [-0.2, 0) is 15.9 Å². The van der Waals surface area contributed by atoms with Crippen molar-refractivity contribution in [3.63, 3.8) is 0 Å². The minimum Gasteiger partial charge on any atom is -0.379 e. The Labute approximate surface area is 177 Å². The van der Waals surface area contributed by atoms with Crippen molar-refractivity contribution < 1.29 is 23.0 Å². The van der Waals surface area contributed by atoms with Gasteiger partial charge < -0.3 is 14.4 Å². The van der Waals surface area contributed by atoms with Gasteiger partial charge in [-0.3, -0.25) is 4.79 Å². The molecular weight excluding hydrogens is 388 g/mol. The average molecular weight is 420 g/mol. The molecule has 2 aromatic carbocycles. The fraction of sp³-hybridized carbons (Fsp3) is 0.458. The first-order valence-electron chi connectivity index (χ1n) is 10.6. The number of hydrogen-bond donors (Lipinski definition) is 0. The van der Waals surface area contributed by atoms with Crippen molar-refractivity contribution in [3.05, 3.63) is 71.3 Å². The van der Waals surface area contributed by atoms with Crippen LogP contribution in [0.2, 0.25) is 0 Å². The molecule has 0 bridgehead atoms. The number of benzene rings is 2. The summed E-state index contributed by atoms with van der Waals surface area (Å²) < 4.78 is 38.0. The number of amides is 1. The summed E-state index contributed by atoms with van der Waals surface area (Å²) in [5.74, 6) is -1.23. The summed E-state index contributed by atoms with van der Waals surface area (Å²) in [5.41, 5.74) is 1.05. The van der Waals surface area contributed by atoms with Gasteiger partial charge in [0.05, 0.1) is 19.8 Å². The maximum atomic E-state index is 13.8. The van der Waals surface area contributed by atoms with Gasteiger partial charge in [-0.15, -0.1) is 0 Å². The molecule has 1 amide bonds. The quantitative estimate of drug-likeness (QED) is 0.410. The van der Waals surface area contributed by atoms with E-state index in [1.807, 2.05) is 18.2 Å². The zero-order valence-corrected chi connectivity index (χ0v) is 17.6. The van der Waals surface area contributed by atoms with Gasteiger partial charge in [0.1, 0.15) is 11.6 Å². The van der Waals surface area contributed by atoms with E-state index in [2.05, 4.69) is 6.92 Å². The third kappa shape index (κ3) is 8.59. The highest BCUT2D eigenvalue weighted by Gasteiger charge is 2.15. The molecule has 164 valence electrons. The van der Waals surface area contributed by atoms with Crippen LogP contribution < -0.4 is 0 Å². The lowest BCUT2D eigenvalue weighted by molar-refractivity contribution is 0.0353. The summed E-state index contributed by atoms with van der Waals surface area (Å²) in [6, 6.07) is 12.7. The smallest absolute Gasteiger partial charge is 0.253 e. The number of rotatable bonds is 14. The predicted octanol–water partition coefficient (Wildman–Crippen LogP) is 4.87. The molecule has 0 saturated carbocycles. The molecule has 0 aromatic heterocycles. The molecule has 0 heterocycles. The van der Waals surface area contributed by atoms with E-state index in [9.17, 15) is 13.6 Å². The van der Waals surface area contributed by atoms with Gasteiger partial charge in [-0.25, -0.2) is 8.78 Å². The molecule has 0 spiro atoms. The van der Waals surface area contributed by atoms with Crippen LogP contribution in [0.5, 0.6) is 0 Å². The van der Waals surface area contributed by atoms with Gasteiger partial charge in [0.2, 0.25) is 0 Å². The molecule has 0 saturated heterocycles. The van der Waals surface area contributed by atoms with Gasteiger partial charge in [-0.1, -0.05) is 37.6 Å². The van der Waals surface area contributed by atoms with Crippen LogP contribution in [0, 0.1) is 11.6 Å². The van der Waals surface area contributed by atoms with Crippen LogP contribution in [0.3, 0.4) is 0 Å². The molecule has 0 aliphatic rings. The van der Waals surface area contributed by atoms with E-state index in [-0.39, 0.29) is 5.91 Å². The van der Waals surface area contributed by atoms with E-state index in [0.717, 1.165) is 25.5 Å². The molecule has 0 atom stereocenters. The van der Waals surface area contributed by atoms with Crippen molar-refractivity contribution >= 4 is 5.91 Å². The number of aryl methyl sites for hydroxylation is 1. The number of nitrogens with zero attached hydrogens (tertiary/aromatic N) is 1. The van der Waals surface area contributed by atoms with E-state index < -0.39 is 11.6 Å². The zero-order valence-electron chi connectivity index (χ0n) is 17.6. The molecule has 0 aliphatic carbocycles. The Kier molecular flexibility index (Phi) is 11.0. The second-order valence-corrected chi connectivity index (χ2v) is 7.08. The number of halogens is 2. The Hall–Kier alpha value is -2.31. The van der Waals surface area contributed by atoms with Crippen molar-refractivity contribution in [1.82, 2.24) is 4.90 Å². The molecule has 6 heteroatoms. The van der Waals surface area contributed by atoms with Crippen LogP contribution >= 0.6 is 0 Å². The Morgan fingerprint density at radius 1 is 0.900 bits per heavy atom. The third-order valence-corrected chi connectivity index (χ3v) is 4.72. The minimum absolute atomic E-state index is 0.0852. The molecule has 2 rings (SSSR count). The van der Waals surface area contributed by atoms with Gasteiger partial charge in [-0.2, -0.15) is 0 Å². The number of hydrogen-bond acceptors (Lipinski definition) is 3. The number of carbonyl (C=O) groups excluding carboxylic acids is 1. The molecule has 2 aromatic rings. The zero-order chi connectivity index (χ0) is 21.6. The third-order valence-electron chi connectivity index (χ3n) is 4.72. The molecule has 0 radical (unpaired) electrons. The van der Waals surface area contributed by atoms with E-state index in [4.69, 9.17) is 9.47 Å². The first-order chi connectivity index (χ1) is 14.6. The normalized spacial score (nSPS) is 10.9. The molecule has 0 unspecified atom stereocenters. The Morgan fingerprint density at radius 3 is 2.33 bits per heavy atom. The summed E-state index contributed by atoms with van der Waals surface area (Å²) in [5, 5.41) is 0. The standard InChI is InChI=1S/C24H31F2NO3/c1-2-3-15-29-17-18-30-16-14-27(24(28)21-8-5-4-6-9-21)13-7-10-20-11-12-22(25)19-23(20)26/h4-6,8-9,11-12,19H,2-3,7,10,13-18H2,1H3. The molecule has 30 heavy (non-hydrogen) atoms. The van der Waals surface area contributed by atoms with Crippen LogP contribution in [0.1, 0.15) is 42.1 Å². The number of carbonyl (C=O) groups is 1. The minimum atomic E-state index is -0.590. The van der Waals surface area contributed by atoms with Gasteiger partial charge in [-0.05, 0) is 43.0 Å². The summed E-state index contributed by atoms with van der Waals surface area (Å²) in [7, 11) is 0. The summed E-state index contributed by atoms with van der Waals surface area (Å²) in [6.45, 7) is 5.17. The Morgan fingerprint density at radius 2 is 1.63 bits per heavy atom. The van der Waals surface area contributed by atoms with Crippen LogP contribution in [0.15, 0.2) is 48.5 Å². The largest absolute Gasteiger partial charge is 0.379 e. The fourth-order valence-electron chi connectivity index (χ4n) is 3.01. The lowest BCUT2D eigenvalue weighted by atomic mass is 10.1. The highest BCUT2D eigenvalue weighted by atomic mass is 19.1. The van der Waals surface area contributed by atoms with Gasteiger partial charge in [0, 0.05) is 31.3 Å². The maximum Gasteiger partial charge on any atom is 0.253 e. The van der Waals surface area contributed by atoms with Gasteiger partial charge in [0.25, 0.3) is 5.91 Å². The summed E-state index contributed by atoms with van der Waals surface area (Å²) >= 11 is 0. The monoisotopic (exact) mass is 419 g/mol. The fourth-order valence-corrected chi connectivity index (χ4v) is 3.01. The Balaban J connectivity index is 1.83.